The average molecular weight is 265 g/mol. The molecule has 1 aliphatic heterocycles. The molecule has 3 atom stereocenters. The molecule has 0 spiro atoms. The molecular weight excluding hydrogens is 244 g/mol. The molecule has 0 bridgehead atoms. The van der Waals surface area contributed by atoms with E-state index in [1.54, 1.807) is 0 Å². The van der Waals surface area contributed by atoms with Crippen molar-refractivity contribution in [2.24, 2.45) is 5.92 Å². The van der Waals surface area contributed by atoms with Gasteiger partial charge in [-0.1, -0.05) is 24.6 Å². The molecule has 1 aliphatic carbocycles. The number of aryl methyl sites for hydroxylation is 2. The molecule has 18 heavy (non-hydrogen) atoms. The van der Waals surface area contributed by atoms with Gasteiger partial charge in [0.1, 0.15) is 0 Å². The molecule has 1 aromatic rings. The van der Waals surface area contributed by atoms with Crippen LogP contribution in [0.4, 0.5) is 0 Å². The monoisotopic (exact) mass is 264 g/mol. The third kappa shape index (κ3) is 2.44. The smallest absolute Gasteiger partial charge is 0.0867 e. The fourth-order valence-electron chi connectivity index (χ4n) is 3.23. The molecule has 98 valence electrons. The minimum absolute atomic E-state index is 0.441. The van der Waals surface area contributed by atoms with Gasteiger partial charge in [0.25, 0.3) is 0 Å². The summed E-state index contributed by atoms with van der Waals surface area (Å²) in [4.78, 5) is 0. The highest BCUT2D eigenvalue weighted by atomic mass is 35.5. The summed E-state index contributed by atoms with van der Waals surface area (Å²) < 4.78 is 5.56. The van der Waals surface area contributed by atoms with E-state index < -0.39 is 0 Å². The van der Waals surface area contributed by atoms with Crippen LogP contribution in [-0.2, 0) is 24.0 Å². The van der Waals surface area contributed by atoms with Crippen LogP contribution >= 0.6 is 11.6 Å². The van der Waals surface area contributed by atoms with Crippen molar-refractivity contribution in [3.8, 4) is 0 Å². The second-order valence-electron chi connectivity index (χ2n) is 5.91. The van der Waals surface area contributed by atoms with Crippen molar-refractivity contribution < 1.29 is 4.74 Å². The van der Waals surface area contributed by atoms with Crippen LogP contribution in [0.3, 0.4) is 0 Å². The van der Waals surface area contributed by atoms with Crippen molar-refractivity contribution >= 4 is 11.6 Å². The van der Waals surface area contributed by atoms with Gasteiger partial charge < -0.3 is 4.74 Å². The van der Waals surface area contributed by atoms with Gasteiger partial charge in [-0.25, -0.2) is 0 Å². The van der Waals surface area contributed by atoms with E-state index in [0.717, 1.165) is 11.4 Å². The first-order valence-electron chi connectivity index (χ1n) is 7.11. The standard InChI is InChI=1S/C16H21ClO/c1-10(16-11(2)18-16)7-14-8-12-5-3-4-6-13(12)9-15(14)17/h8-11,16H,3-7H2,1-2H3. The number of rotatable bonds is 3. The summed E-state index contributed by atoms with van der Waals surface area (Å²) in [5.74, 6) is 0.569. The molecule has 2 heteroatoms. The lowest BCUT2D eigenvalue weighted by Gasteiger charge is -2.19. The first-order valence-corrected chi connectivity index (χ1v) is 7.48. The van der Waals surface area contributed by atoms with Gasteiger partial charge >= 0.3 is 0 Å². The summed E-state index contributed by atoms with van der Waals surface area (Å²) in [6, 6.07) is 4.55. The zero-order chi connectivity index (χ0) is 12.7. The second kappa shape index (κ2) is 4.86. The topological polar surface area (TPSA) is 12.5 Å². The lowest BCUT2D eigenvalue weighted by Crippen LogP contribution is -2.11. The van der Waals surface area contributed by atoms with E-state index >= 15 is 0 Å². The Hall–Kier alpha value is -0.530. The number of halogens is 1. The van der Waals surface area contributed by atoms with E-state index in [1.807, 2.05) is 0 Å². The summed E-state index contributed by atoms with van der Waals surface area (Å²) in [6.07, 6.45) is 6.99. The molecule has 1 nitrogen and oxygen atoms in total. The van der Waals surface area contributed by atoms with Crippen molar-refractivity contribution in [2.75, 3.05) is 0 Å². The Bertz CT molecular complexity index is 455. The minimum atomic E-state index is 0.441. The number of epoxide rings is 1. The highest BCUT2D eigenvalue weighted by Crippen LogP contribution is 2.34. The molecule has 3 rings (SSSR count). The van der Waals surface area contributed by atoms with Gasteiger partial charge in [-0.15, -0.1) is 0 Å². The van der Waals surface area contributed by atoms with Crippen LogP contribution in [0.2, 0.25) is 5.02 Å². The average Bonchev–Trinajstić information content (AvgIpc) is 3.07. The predicted octanol–water partition coefficient (Wildman–Crippen LogP) is 4.18. The van der Waals surface area contributed by atoms with Crippen LogP contribution in [0.15, 0.2) is 12.1 Å². The predicted molar refractivity (Wildman–Crippen MR) is 75.3 cm³/mol. The molecule has 1 fully saturated rings. The molecule has 3 unspecified atom stereocenters. The Morgan fingerprint density at radius 2 is 1.89 bits per heavy atom. The molecule has 0 saturated carbocycles. The maximum atomic E-state index is 6.43. The van der Waals surface area contributed by atoms with Crippen LogP contribution in [0.25, 0.3) is 0 Å². The van der Waals surface area contributed by atoms with Crippen molar-refractivity contribution in [1.29, 1.82) is 0 Å². The maximum absolute atomic E-state index is 6.43. The Labute approximate surface area is 114 Å². The molecule has 1 heterocycles. The summed E-state index contributed by atoms with van der Waals surface area (Å²) in [5.41, 5.74) is 4.31. The fourth-order valence-corrected chi connectivity index (χ4v) is 3.49. The summed E-state index contributed by atoms with van der Waals surface area (Å²) in [6.45, 7) is 4.42. The summed E-state index contributed by atoms with van der Waals surface area (Å²) in [5, 5.41) is 0.954. The SMILES string of the molecule is CC(Cc1cc2c(cc1Cl)CCCC2)C1OC1C. The van der Waals surface area contributed by atoms with Crippen LogP contribution in [-0.4, -0.2) is 12.2 Å². The number of benzene rings is 1. The maximum Gasteiger partial charge on any atom is 0.0867 e. The van der Waals surface area contributed by atoms with E-state index in [-0.39, 0.29) is 0 Å². The van der Waals surface area contributed by atoms with Crippen LogP contribution < -0.4 is 0 Å². The van der Waals surface area contributed by atoms with Crippen molar-refractivity contribution in [3.63, 3.8) is 0 Å². The van der Waals surface area contributed by atoms with E-state index in [0.29, 0.717) is 18.1 Å². The number of fused-ring (bicyclic) bond motifs is 1. The van der Waals surface area contributed by atoms with Gasteiger partial charge in [0, 0.05) is 5.02 Å². The minimum Gasteiger partial charge on any atom is -0.370 e. The third-order valence-electron chi connectivity index (χ3n) is 4.37. The van der Waals surface area contributed by atoms with Gasteiger partial charge in [-0.2, -0.15) is 0 Å². The van der Waals surface area contributed by atoms with Crippen molar-refractivity contribution in [2.45, 2.75) is 58.2 Å². The number of hydrogen-bond donors (Lipinski definition) is 0. The van der Waals surface area contributed by atoms with E-state index in [2.05, 4.69) is 26.0 Å². The summed E-state index contributed by atoms with van der Waals surface area (Å²) in [7, 11) is 0. The van der Waals surface area contributed by atoms with Crippen molar-refractivity contribution in [1.82, 2.24) is 0 Å². The van der Waals surface area contributed by atoms with Gasteiger partial charge in [0.2, 0.25) is 0 Å². The zero-order valence-corrected chi connectivity index (χ0v) is 12.0. The Balaban J connectivity index is 1.79. The van der Waals surface area contributed by atoms with Crippen LogP contribution in [0.5, 0.6) is 0 Å². The Morgan fingerprint density at radius 3 is 2.50 bits per heavy atom. The summed E-state index contributed by atoms with van der Waals surface area (Å²) >= 11 is 6.43. The van der Waals surface area contributed by atoms with Crippen LogP contribution in [0.1, 0.15) is 43.4 Å². The third-order valence-corrected chi connectivity index (χ3v) is 4.72. The normalized spacial score (nSPS) is 27.7. The molecule has 0 amide bonds. The first kappa shape index (κ1) is 12.5. The first-order chi connectivity index (χ1) is 8.65. The molecular formula is C16H21ClO. The van der Waals surface area contributed by atoms with E-state index in [1.165, 1.54) is 42.4 Å². The number of ether oxygens (including phenoxy) is 1. The van der Waals surface area contributed by atoms with Gasteiger partial charge in [-0.05, 0) is 67.7 Å². The van der Waals surface area contributed by atoms with Crippen molar-refractivity contribution in [3.05, 3.63) is 33.8 Å². The van der Waals surface area contributed by atoms with Crippen LogP contribution in [0, 0.1) is 5.92 Å². The quantitative estimate of drug-likeness (QED) is 0.746. The second-order valence-corrected chi connectivity index (χ2v) is 6.31. The lowest BCUT2D eigenvalue weighted by atomic mass is 9.88. The van der Waals surface area contributed by atoms with Gasteiger partial charge in [0.05, 0.1) is 12.2 Å². The molecule has 1 aromatic carbocycles. The molecule has 0 radical (unpaired) electrons. The highest BCUT2D eigenvalue weighted by molar-refractivity contribution is 6.31. The fraction of sp³-hybridized carbons (Fsp3) is 0.625. The van der Waals surface area contributed by atoms with E-state index in [4.69, 9.17) is 16.3 Å². The van der Waals surface area contributed by atoms with Gasteiger partial charge in [0.15, 0.2) is 0 Å². The lowest BCUT2D eigenvalue weighted by molar-refractivity contribution is 0.328. The number of hydrogen-bond acceptors (Lipinski definition) is 1. The Morgan fingerprint density at radius 1 is 1.28 bits per heavy atom. The zero-order valence-electron chi connectivity index (χ0n) is 11.2. The molecule has 1 saturated heterocycles. The van der Waals surface area contributed by atoms with Gasteiger partial charge in [-0.3, -0.25) is 0 Å². The van der Waals surface area contributed by atoms with E-state index in [9.17, 15) is 0 Å². The highest BCUT2D eigenvalue weighted by Gasteiger charge is 2.38. The molecule has 0 aromatic heterocycles. The Kier molecular flexibility index (Phi) is 3.38. The molecule has 0 N–H and O–H groups in total. The largest absolute Gasteiger partial charge is 0.370 e. The molecule has 2 aliphatic rings.